The molecule has 1 aliphatic carbocycles. The molecule has 1 unspecified atom stereocenters. The van der Waals surface area contributed by atoms with E-state index in [1.165, 1.54) is 0 Å². The number of rotatable bonds is 4. The predicted molar refractivity (Wildman–Crippen MR) is 90.3 cm³/mol. The number of nitrogens with two attached hydrogens (primary N) is 1. The molecule has 1 amide bonds. The molecule has 0 bridgehead atoms. The number of aromatic nitrogens is 1. The number of amides is 1. The lowest BCUT2D eigenvalue weighted by molar-refractivity contribution is -0.128. The standard InChI is InChI=1S/C15H23N3OS2/c1-10-9-21-12(17-10)11(2)18-14(19)15(13(16)20)7-5-3-4-6-8-15/h9,11H,3-8H2,1-2H3,(H2,16,20)(H,18,19). The van der Waals surface area contributed by atoms with E-state index in [2.05, 4.69) is 10.3 Å². The van der Waals surface area contributed by atoms with Crippen molar-refractivity contribution >= 4 is 34.5 Å². The second kappa shape index (κ2) is 6.83. The van der Waals surface area contributed by atoms with Crippen molar-refractivity contribution in [1.82, 2.24) is 10.3 Å². The summed E-state index contributed by atoms with van der Waals surface area (Å²) in [4.78, 5) is 17.6. The van der Waals surface area contributed by atoms with Crippen molar-refractivity contribution < 1.29 is 4.79 Å². The van der Waals surface area contributed by atoms with E-state index in [4.69, 9.17) is 18.0 Å². The Morgan fingerprint density at radius 2 is 2.05 bits per heavy atom. The van der Waals surface area contributed by atoms with Crippen LogP contribution in [0, 0.1) is 12.3 Å². The maximum atomic E-state index is 12.8. The van der Waals surface area contributed by atoms with Gasteiger partial charge in [0.1, 0.15) is 5.01 Å². The summed E-state index contributed by atoms with van der Waals surface area (Å²) in [6.45, 7) is 3.91. The number of hydrogen-bond donors (Lipinski definition) is 2. The van der Waals surface area contributed by atoms with Crippen LogP contribution in [0.3, 0.4) is 0 Å². The number of nitrogens with one attached hydrogen (secondary N) is 1. The molecule has 1 aromatic rings. The topological polar surface area (TPSA) is 68.0 Å². The molecule has 1 aliphatic rings. The maximum Gasteiger partial charge on any atom is 0.233 e. The van der Waals surface area contributed by atoms with Crippen LogP contribution in [0.4, 0.5) is 0 Å². The predicted octanol–water partition coefficient (Wildman–Crippen LogP) is 3.26. The van der Waals surface area contributed by atoms with Gasteiger partial charge in [-0.3, -0.25) is 4.79 Å². The van der Waals surface area contributed by atoms with Crippen LogP contribution in [0.25, 0.3) is 0 Å². The van der Waals surface area contributed by atoms with Gasteiger partial charge in [-0.2, -0.15) is 0 Å². The molecule has 21 heavy (non-hydrogen) atoms. The second-order valence-corrected chi connectivity index (χ2v) is 7.21. The molecule has 1 heterocycles. The smallest absolute Gasteiger partial charge is 0.233 e. The van der Waals surface area contributed by atoms with Gasteiger partial charge in [0, 0.05) is 11.1 Å². The van der Waals surface area contributed by atoms with Gasteiger partial charge < -0.3 is 11.1 Å². The average molecular weight is 326 g/mol. The number of carbonyl (C=O) groups is 1. The average Bonchev–Trinajstić information content (AvgIpc) is 2.73. The maximum absolute atomic E-state index is 12.8. The van der Waals surface area contributed by atoms with Crippen LogP contribution in [0.15, 0.2) is 5.38 Å². The van der Waals surface area contributed by atoms with E-state index in [0.717, 1.165) is 49.2 Å². The van der Waals surface area contributed by atoms with Crippen LogP contribution in [0.5, 0.6) is 0 Å². The summed E-state index contributed by atoms with van der Waals surface area (Å²) in [5, 5.41) is 5.99. The van der Waals surface area contributed by atoms with Gasteiger partial charge in [0.25, 0.3) is 0 Å². The summed E-state index contributed by atoms with van der Waals surface area (Å²) in [6, 6.07) is -0.106. The van der Waals surface area contributed by atoms with E-state index in [9.17, 15) is 4.79 Å². The fraction of sp³-hybridized carbons (Fsp3) is 0.667. The SMILES string of the molecule is Cc1csc(C(C)NC(=O)C2(C(N)=S)CCCCCC2)n1. The van der Waals surface area contributed by atoms with Gasteiger partial charge in [-0.1, -0.05) is 37.9 Å². The largest absolute Gasteiger partial charge is 0.392 e. The van der Waals surface area contributed by atoms with E-state index in [1.54, 1.807) is 11.3 Å². The van der Waals surface area contributed by atoms with Crippen LogP contribution >= 0.6 is 23.6 Å². The highest BCUT2D eigenvalue weighted by atomic mass is 32.1. The van der Waals surface area contributed by atoms with Crippen molar-refractivity contribution in [3.8, 4) is 0 Å². The monoisotopic (exact) mass is 325 g/mol. The number of carbonyl (C=O) groups excluding carboxylic acids is 1. The fourth-order valence-corrected chi connectivity index (χ4v) is 3.99. The zero-order valence-electron chi connectivity index (χ0n) is 12.6. The lowest BCUT2D eigenvalue weighted by atomic mass is 9.79. The molecule has 4 nitrogen and oxygen atoms in total. The first kappa shape index (κ1) is 16.4. The van der Waals surface area contributed by atoms with Crippen molar-refractivity contribution in [3.63, 3.8) is 0 Å². The molecule has 1 aromatic heterocycles. The molecule has 2 rings (SSSR count). The van der Waals surface area contributed by atoms with Crippen molar-refractivity contribution in [2.45, 2.75) is 58.4 Å². The van der Waals surface area contributed by atoms with E-state index in [-0.39, 0.29) is 11.9 Å². The van der Waals surface area contributed by atoms with Crippen LogP contribution in [-0.2, 0) is 4.79 Å². The van der Waals surface area contributed by atoms with Crippen molar-refractivity contribution in [3.05, 3.63) is 16.1 Å². The number of thiazole rings is 1. The number of nitrogens with zero attached hydrogens (tertiary/aromatic N) is 1. The third kappa shape index (κ3) is 3.61. The summed E-state index contributed by atoms with van der Waals surface area (Å²) in [6.07, 6.45) is 5.85. The number of hydrogen-bond acceptors (Lipinski definition) is 4. The quantitative estimate of drug-likeness (QED) is 0.658. The third-order valence-corrected chi connectivity index (χ3v) is 5.75. The Morgan fingerprint density at radius 3 is 2.52 bits per heavy atom. The first-order valence-electron chi connectivity index (χ1n) is 7.48. The van der Waals surface area contributed by atoms with Gasteiger partial charge in [-0.25, -0.2) is 4.98 Å². The van der Waals surface area contributed by atoms with Gasteiger partial charge in [0.15, 0.2) is 0 Å². The summed E-state index contributed by atoms with van der Waals surface area (Å²) in [7, 11) is 0. The molecule has 3 N–H and O–H groups in total. The van der Waals surface area contributed by atoms with Crippen molar-refractivity contribution in [1.29, 1.82) is 0 Å². The molecule has 0 radical (unpaired) electrons. The Bertz CT molecular complexity index is 519. The third-order valence-electron chi connectivity index (χ3n) is 4.22. The van der Waals surface area contributed by atoms with E-state index in [0.29, 0.717) is 4.99 Å². The Hall–Kier alpha value is -1.01. The summed E-state index contributed by atoms with van der Waals surface area (Å²) < 4.78 is 0. The van der Waals surface area contributed by atoms with Crippen molar-refractivity contribution in [2.24, 2.45) is 11.1 Å². The summed E-state index contributed by atoms with van der Waals surface area (Å²) >= 11 is 6.81. The molecular weight excluding hydrogens is 302 g/mol. The van der Waals surface area contributed by atoms with Crippen LogP contribution in [0.1, 0.15) is 62.2 Å². The molecule has 116 valence electrons. The molecule has 0 aliphatic heterocycles. The molecule has 1 fully saturated rings. The Morgan fingerprint density at radius 1 is 1.43 bits per heavy atom. The first-order chi connectivity index (χ1) is 9.95. The fourth-order valence-electron chi connectivity index (χ4n) is 2.89. The van der Waals surface area contributed by atoms with Gasteiger partial charge in [-0.05, 0) is 26.7 Å². The molecule has 1 saturated carbocycles. The van der Waals surface area contributed by atoms with Crippen LogP contribution in [0.2, 0.25) is 0 Å². The normalized spacial score (nSPS) is 19.5. The first-order valence-corrected chi connectivity index (χ1v) is 8.77. The highest BCUT2D eigenvalue weighted by molar-refractivity contribution is 7.80. The molecule has 6 heteroatoms. The van der Waals surface area contributed by atoms with Gasteiger partial charge in [0.05, 0.1) is 16.4 Å². The molecular formula is C15H23N3OS2. The minimum absolute atomic E-state index is 0.0303. The lowest BCUT2D eigenvalue weighted by Gasteiger charge is -2.31. The second-order valence-electron chi connectivity index (χ2n) is 5.88. The zero-order chi connectivity index (χ0) is 15.5. The highest BCUT2D eigenvalue weighted by Crippen LogP contribution is 2.36. The van der Waals surface area contributed by atoms with Gasteiger partial charge in [-0.15, -0.1) is 11.3 Å². The Labute approximate surface area is 135 Å². The van der Waals surface area contributed by atoms with E-state index < -0.39 is 5.41 Å². The van der Waals surface area contributed by atoms with Crippen molar-refractivity contribution in [2.75, 3.05) is 0 Å². The van der Waals surface area contributed by atoms with Gasteiger partial charge in [0.2, 0.25) is 5.91 Å². The summed E-state index contributed by atoms with van der Waals surface area (Å²) in [5.74, 6) is -0.0303. The lowest BCUT2D eigenvalue weighted by Crippen LogP contribution is -2.49. The molecule has 1 atom stereocenters. The minimum Gasteiger partial charge on any atom is -0.392 e. The van der Waals surface area contributed by atoms with E-state index in [1.807, 2.05) is 19.2 Å². The Kier molecular flexibility index (Phi) is 5.32. The zero-order valence-corrected chi connectivity index (χ0v) is 14.3. The van der Waals surface area contributed by atoms with Gasteiger partial charge >= 0.3 is 0 Å². The number of thiocarbonyl (C=S) groups is 1. The molecule has 0 saturated heterocycles. The van der Waals surface area contributed by atoms with E-state index >= 15 is 0 Å². The Balaban J connectivity index is 2.13. The highest BCUT2D eigenvalue weighted by Gasteiger charge is 2.42. The molecule has 0 aromatic carbocycles. The summed E-state index contributed by atoms with van der Waals surface area (Å²) in [5.41, 5.74) is 6.26. The number of aryl methyl sites for hydroxylation is 1. The molecule has 0 spiro atoms. The minimum atomic E-state index is -0.674. The van der Waals surface area contributed by atoms with Crippen LogP contribution < -0.4 is 11.1 Å². The van der Waals surface area contributed by atoms with Crippen LogP contribution in [-0.4, -0.2) is 15.9 Å².